The van der Waals surface area contributed by atoms with Crippen LogP contribution in [0.25, 0.3) is 22.0 Å². The molecule has 0 aliphatic heterocycles. The summed E-state index contributed by atoms with van der Waals surface area (Å²) < 4.78 is 0. The second-order valence-electron chi connectivity index (χ2n) is 5.92. The number of benzene rings is 1. The smallest absolute Gasteiger partial charge is 0.137 e. The Kier molecular flexibility index (Phi) is 3.46. The van der Waals surface area contributed by atoms with E-state index >= 15 is 0 Å². The van der Waals surface area contributed by atoms with Crippen LogP contribution in [0.4, 0.5) is 5.82 Å². The summed E-state index contributed by atoms with van der Waals surface area (Å²) in [5.74, 6) is 0.947. The fourth-order valence-electron chi connectivity index (χ4n) is 3.20. The van der Waals surface area contributed by atoms with Crippen LogP contribution in [-0.2, 0) is 0 Å². The molecular weight excluding hydrogens is 274 g/mol. The molecule has 0 atom stereocenters. The summed E-state index contributed by atoms with van der Waals surface area (Å²) in [6.07, 6.45) is 11.8. The van der Waals surface area contributed by atoms with E-state index in [1.807, 2.05) is 18.5 Å². The highest BCUT2D eigenvalue weighted by Gasteiger charge is 2.15. The molecule has 0 bridgehead atoms. The second-order valence-corrected chi connectivity index (χ2v) is 5.92. The van der Waals surface area contributed by atoms with Gasteiger partial charge in [-0.3, -0.25) is 5.10 Å². The van der Waals surface area contributed by atoms with Crippen molar-refractivity contribution < 1.29 is 0 Å². The zero-order valence-corrected chi connectivity index (χ0v) is 12.4. The summed E-state index contributed by atoms with van der Waals surface area (Å²) >= 11 is 0. The van der Waals surface area contributed by atoms with Gasteiger partial charge in [0.05, 0.1) is 11.7 Å². The normalized spacial score (nSPS) is 16.0. The van der Waals surface area contributed by atoms with Crippen LogP contribution in [0.2, 0.25) is 0 Å². The number of aromatic amines is 1. The van der Waals surface area contributed by atoms with Gasteiger partial charge in [0.25, 0.3) is 0 Å². The lowest BCUT2D eigenvalue weighted by atomic mass is 9.95. The molecule has 22 heavy (non-hydrogen) atoms. The van der Waals surface area contributed by atoms with Crippen molar-refractivity contribution in [3.05, 3.63) is 36.9 Å². The van der Waals surface area contributed by atoms with Gasteiger partial charge in [-0.1, -0.05) is 25.3 Å². The van der Waals surface area contributed by atoms with E-state index < -0.39 is 0 Å². The van der Waals surface area contributed by atoms with Gasteiger partial charge < -0.3 is 5.32 Å². The maximum atomic E-state index is 4.48. The Hall–Kier alpha value is -2.43. The van der Waals surface area contributed by atoms with Crippen molar-refractivity contribution in [3.63, 3.8) is 0 Å². The molecule has 1 saturated carbocycles. The molecule has 112 valence electrons. The number of aromatic nitrogens is 4. The van der Waals surface area contributed by atoms with Crippen LogP contribution in [0.3, 0.4) is 0 Å². The SMILES string of the molecule is c1nc(NC2CCCCC2)c2cc(-c3cn[nH]c3)ccc2n1. The summed E-state index contributed by atoms with van der Waals surface area (Å²) in [4.78, 5) is 8.86. The molecule has 0 spiro atoms. The first-order valence-corrected chi connectivity index (χ1v) is 7.90. The molecule has 1 aliphatic rings. The lowest BCUT2D eigenvalue weighted by molar-refractivity contribution is 0.462. The third kappa shape index (κ3) is 2.54. The highest BCUT2D eigenvalue weighted by atomic mass is 15.1. The zero-order valence-electron chi connectivity index (χ0n) is 12.4. The van der Waals surface area contributed by atoms with E-state index in [-0.39, 0.29) is 0 Å². The van der Waals surface area contributed by atoms with E-state index in [9.17, 15) is 0 Å². The van der Waals surface area contributed by atoms with Crippen molar-refractivity contribution in [1.82, 2.24) is 20.2 Å². The van der Waals surface area contributed by atoms with Crippen LogP contribution in [0.1, 0.15) is 32.1 Å². The predicted octanol–water partition coefficient (Wildman–Crippen LogP) is 3.76. The van der Waals surface area contributed by atoms with Crippen molar-refractivity contribution in [2.75, 3.05) is 5.32 Å². The monoisotopic (exact) mass is 293 g/mol. The maximum absolute atomic E-state index is 4.48. The Labute approximate surface area is 129 Å². The van der Waals surface area contributed by atoms with Gasteiger partial charge in [-0.2, -0.15) is 5.10 Å². The van der Waals surface area contributed by atoms with Crippen molar-refractivity contribution in [2.45, 2.75) is 38.1 Å². The number of H-pyrrole nitrogens is 1. The molecule has 0 unspecified atom stereocenters. The number of hydrogen-bond acceptors (Lipinski definition) is 4. The highest BCUT2D eigenvalue weighted by Crippen LogP contribution is 2.28. The Morgan fingerprint density at radius 3 is 2.77 bits per heavy atom. The van der Waals surface area contributed by atoms with Crippen molar-refractivity contribution in [2.24, 2.45) is 0 Å². The minimum Gasteiger partial charge on any atom is -0.367 e. The van der Waals surface area contributed by atoms with Crippen LogP contribution >= 0.6 is 0 Å². The van der Waals surface area contributed by atoms with Gasteiger partial charge in [0.1, 0.15) is 12.1 Å². The molecule has 2 heterocycles. The molecule has 3 aromatic rings. The van der Waals surface area contributed by atoms with Crippen LogP contribution in [0.5, 0.6) is 0 Å². The lowest BCUT2D eigenvalue weighted by Gasteiger charge is -2.23. The fraction of sp³-hybridized carbons (Fsp3) is 0.353. The predicted molar refractivity (Wildman–Crippen MR) is 87.6 cm³/mol. The molecule has 4 rings (SSSR count). The van der Waals surface area contributed by atoms with Gasteiger partial charge in [0.15, 0.2) is 0 Å². The van der Waals surface area contributed by atoms with Gasteiger partial charge in [0.2, 0.25) is 0 Å². The quantitative estimate of drug-likeness (QED) is 0.771. The lowest BCUT2D eigenvalue weighted by Crippen LogP contribution is -2.23. The first kappa shape index (κ1) is 13.2. The van der Waals surface area contributed by atoms with E-state index in [0.29, 0.717) is 6.04 Å². The third-order valence-corrected chi connectivity index (χ3v) is 4.41. The Morgan fingerprint density at radius 2 is 1.95 bits per heavy atom. The van der Waals surface area contributed by atoms with E-state index in [0.717, 1.165) is 27.8 Å². The molecule has 1 fully saturated rings. The van der Waals surface area contributed by atoms with Crippen molar-refractivity contribution in [1.29, 1.82) is 0 Å². The van der Waals surface area contributed by atoms with E-state index in [1.165, 1.54) is 32.1 Å². The Morgan fingerprint density at radius 1 is 1.05 bits per heavy atom. The van der Waals surface area contributed by atoms with Gasteiger partial charge in [-0.05, 0) is 30.5 Å². The Bertz CT molecular complexity index is 760. The van der Waals surface area contributed by atoms with E-state index in [2.05, 4.69) is 37.6 Å². The first-order chi connectivity index (χ1) is 10.9. The van der Waals surface area contributed by atoms with Gasteiger partial charge in [-0.15, -0.1) is 0 Å². The highest BCUT2D eigenvalue weighted by molar-refractivity contribution is 5.92. The van der Waals surface area contributed by atoms with E-state index in [1.54, 1.807) is 6.33 Å². The summed E-state index contributed by atoms with van der Waals surface area (Å²) in [7, 11) is 0. The zero-order chi connectivity index (χ0) is 14.8. The maximum Gasteiger partial charge on any atom is 0.137 e. The molecule has 0 radical (unpaired) electrons. The van der Waals surface area contributed by atoms with Crippen molar-refractivity contribution in [3.8, 4) is 11.1 Å². The van der Waals surface area contributed by atoms with Gasteiger partial charge in [0, 0.05) is 23.2 Å². The number of nitrogens with zero attached hydrogens (tertiary/aromatic N) is 3. The summed E-state index contributed by atoms with van der Waals surface area (Å²) in [5, 5.41) is 11.6. The fourth-order valence-corrected chi connectivity index (χ4v) is 3.20. The molecule has 2 N–H and O–H groups in total. The average Bonchev–Trinajstić information content (AvgIpc) is 3.10. The molecular formula is C17H19N5. The van der Waals surface area contributed by atoms with Crippen LogP contribution < -0.4 is 5.32 Å². The minimum absolute atomic E-state index is 0.532. The van der Waals surface area contributed by atoms with Crippen molar-refractivity contribution >= 4 is 16.7 Å². The van der Waals surface area contributed by atoms with Crippen LogP contribution in [0.15, 0.2) is 36.9 Å². The standard InChI is InChI=1S/C17H19N5/c1-2-4-14(5-3-1)22-17-15-8-12(13-9-20-21-10-13)6-7-16(15)18-11-19-17/h6-11,14H,1-5H2,(H,20,21)(H,18,19,22). The third-order valence-electron chi connectivity index (χ3n) is 4.41. The molecule has 1 aromatic carbocycles. The summed E-state index contributed by atoms with van der Waals surface area (Å²) in [6, 6.07) is 6.80. The molecule has 1 aliphatic carbocycles. The van der Waals surface area contributed by atoms with Gasteiger partial charge in [-0.25, -0.2) is 9.97 Å². The molecule has 5 heteroatoms. The van der Waals surface area contributed by atoms with Gasteiger partial charge >= 0.3 is 0 Å². The Balaban J connectivity index is 1.72. The van der Waals surface area contributed by atoms with Crippen LogP contribution in [-0.4, -0.2) is 26.2 Å². The van der Waals surface area contributed by atoms with E-state index in [4.69, 9.17) is 0 Å². The molecule has 5 nitrogen and oxygen atoms in total. The number of fused-ring (bicyclic) bond motifs is 1. The molecule has 2 aromatic heterocycles. The number of anilines is 1. The average molecular weight is 293 g/mol. The molecule has 0 amide bonds. The number of hydrogen-bond donors (Lipinski definition) is 2. The summed E-state index contributed by atoms with van der Waals surface area (Å²) in [5.41, 5.74) is 3.18. The molecule has 0 saturated heterocycles. The first-order valence-electron chi connectivity index (χ1n) is 7.90. The number of nitrogens with one attached hydrogen (secondary N) is 2. The second kappa shape index (κ2) is 5.75. The minimum atomic E-state index is 0.532. The largest absolute Gasteiger partial charge is 0.367 e. The summed E-state index contributed by atoms with van der Waals surface area (Å²) in [6.45, 7) is 0. The van der Waals surface area contributed by atoms with Crippen LogP contribution in [0, 0.1) is 0 Å². The topological polar surface area (TPSA) is 66.5 Å². The number of rotatable bonds is 3.